The molecule has 0 aliphatic carbocycles. The predicted octanol–water partition coefficient (Wildman–Crippen LogP) is 3.91. The number of carbonyl (C=O) groups excluding carboxylic acids is 3. The average molecular weight is 486 g/mol. The standard InChI is InChI=1S/C26H31N3O4.ClH/c1-18-6-3-4-14-28(18)15-5-13-27-24(30)20-9-12-22-23(16-20)26(32)29(25(22)31)17-19-7-10-21(33-2)11-8-19;/h7-12,16,18H,3-6,13-15,17H2,1-2H3,(H,27,30);1H. The zero-order valence-electron chi connectivity index (χ0n) is 19.7. The zero-order valence-corrected chi connectivity index (χ0v) is 20.5. The molecule has 3 amide bonds. The topological polar surface area (TPSA) is 79.0 Å². The van der Waals surface area contributed by atoms with Crippen molar-refractivity contribution in [1.29, 1.82) is 0 Å². The van der Waals surface area contributed by atoms with Gasteiger partial charge in [-0.2, -0.15) is 0 Å². The fourth-order valence-corrected chi connectivity index (χ4v) is 4.56. The van der Waals surface area contributed by atoms with Gasteiger partial charge in [0, 0.05) is 24.7 Å². The number of amides is 3. The molecule has 4 rings (SSSR count). The summed E-state index contributed by atoms with van der Waals surface area (Å²) >= 11 is 0. The van der Waals surface area contributed by atoms with Crippen LogP contribution in [-0.2, 0) is 6.54 Å². The molecule has 2 heterocycles. The Morgan fingerprint density at radius 1 is 1.06 bits per heavy atom. The highest BCUT2D eigenvalue weighted by Gasteiger charge is 2.36. The van der Waals surface area contributed by atoms with Crippen LogP contribution in [-0.4, -0.2) is 60.3 Å². The maximum absolute atomic E-state index is 12.9. The van der Waals surface area contributed by atoms with Crippen LogP contribution in [0.15, 0.2) is 42.5 Å². The number of halogens is 1. The number of benzene rings is 2. The van der Waals surface area contributed by atoms with Gasteiger partial charge in [0.05, 0.1) is 24.8 Å². The number of rotatable bonds is 8. The van der Waals surface area contributed by atoms with Crippen LogP contribution < -0.4 is 10.1 Å². The fraction of sp³-hybridized carbons (Fsp3) is 0.423. The minimum Gasteiger partial charge on any atom is -0.497 e. The summed E-state index contributed by atoms with van der Waals surface area (Å²) in [6.07, 6.45) is 4.66. The van der Waals surface area contributed by atoms with Gasteiger partial charge in [0.2, 0.25) is 0 Å². The number of ether oxygens (including phenoxy) is 1. The van der Waals surface area contributed by atoms with E-state index < -0.39 is 0 Å². The highest BCUT2D eigenvalue weighted by Crippen LogP contribution is 2.26. The first-order chi connectivity index (χ1) is 16.0. The van der Waals surface area contributed by atoms with Crippen LogP contribution in [0.25, 0.3) is 0 Å². The molecule has 0 radical (unpaired) electrons. The van der Waals surface area contributed by atoms with Gasteiger partial charge in [0.25, 0.3) is 17.7 Å². The third-order valence-corrected chi connectivity index (χ3v) is 6.58. The Morgan fingerprint density at radius 2 is 1.79 bits per heavy atom. The van der Waals surface area contributed by atoms with Crippen molar-refractivity contribution in [3.63, 3.8) is 0 Å². The lowest BCUT2D eigenvalue weighted by Gasteiger charge is -2.33. The molecular weight excluding hydrogens is 454 g/mol. The number of nitrogens with zero attached hydrogens (tertiary/aromatic N) is 2. The van der Waals surface area contributed by atoms with Crippen molar-refractivity contribution < 1.29 is 19.1 Å². The van der Waals surface area contributed by atoms with Gasteiger partial charge in [-0.05, 0) is 68.6 Å². The lowest BCUT2D eigenvalue weighted by atomic mass is 10.0. The minimum absolute atomic E-state index is 0. The molecule has 1 saturated heterocycles. The van der Waals surface area contributed by atoms with Gasteiger partial charge in [0.1, 0.15) is 5.75 Å². The van der Waals surface area contributed by atoms with Gasteiger partial charge in [-0.15, -0.1) is 12.4 Å². The van der Waals surface area contributed by atoms with Gasteiger partial charge in [-0.3, -0.25) is 19.3 Å². The monoisotopic (exact) mass is 485 g/mol. The molecule has 0 bridgehead atoms. The molecule has 2 aliphatic rings. The third kappa shape index (κ3) is 5.59. The molecule has 2 aromatic rings. The van der Waals surface area contributed by atoms with Crippen molar-refractivity contribution >= 4 is 30.1 Å². The molecule has 2 aromatic carbocycles. The molecule has 0 saturated carbocycles. The lowest BCUT2D eigenvalue weighted by molar-refractivity contribution is 0.0642. The Bertz CT molecular complexity index is 1040. The first-order valence-corrected chi connectivity index (χ1v) is 11.6. The maximum Gasteiger partial charge on any atom is 0.261 e. The summed E-state index contributed by atoms with van der Waals surface area (Å²) in [6.45, 7) is 5.11. The zero-order chi connectivity index (χ0) is 23.4. The van der Waals surface area contributed by atoms with E-state index in [1.165, 1.54) is 30.2 Å². The summed E-state index contributed by atoms with van der Waals surface area (Å²) in [6, 6.07) is 12.6. The van der Waals surface area contributed by atoms with Crippen LogP contribution in [0, 0.1) is 0 Å². The number of likely N-dealkylation sites (tertiary alicyclic amines) is 1. The van der Waals surface area contributed by atoms with E-state index in [4.69, 9.17) is 4.74 Å². The maximum atomic E-state index is 12.9. The summed E-state index contributed by atoms with van der Waals surface area (Å²) in [5, 5.41) is 2.95. The highest BCUT2D eigenvalue weighted by molar-refractivity contribution is 6.22. The summed E-state index contributed by atoms with van der Waals surface area (Å²) in [4.78, 5) is 42.0. The summed E-state index contributed by atoms with van der Waals surface area (Å²) in [5.74, 6) is -0.228. The molecule has 0 spiro atoms. The molecule has 1 N–H and O–H groups in total. The Balaban J connectivity index is 0.00000324. The second kappa shape index (κ2) is 11.5. The van der Waals surface area contributed by atoms with E-state index in [9.17, 15) is 14.4 Å². The van der Waals surface area contributed by atoms with Crippen molar-refractivity contribution in [2.75, 3.05) is 26.7 Å². The van der Waals surface area contributed by atoms with E-state index >= 15 is 0 Å². The molecular formula is C26H32ClN3O4. The van der Waals surface area contributed by atoms with Crippen LogP contribution in [0.3, 0.4) is 0 Å². The molecule has 182 valence electrons. The molecule has 1 atom stereocenters. The number of carbonyl (C=O) groups is 3. The van der Waals surface area contributed by atoms with Crippen LogP contribution in [0.5, 0.6) is 5.75 Å². The number of methoxy groups -OCH3 is 1. The van der Waals surface area contributed by atoms with E-state index in [0.717, 1.165) is 25.1 Å². The Labute approximate surface area is 206 Å². The van der Waals surface area contributed by atoms with E-state index in [1.54, 1.807) is 31.4 Å². The van der Waals surface area contributed by atoms with Crippen molar-refractivity contribution in [2.24, 2.45) is 0 Å². The van der Waals surface area contributed by atoms with Crippen molar-refractivity contribution in [3.05, 3.63) is 64.7 Å². The predicted molar refractivity (Wildman–Crippen MR) is 133 cm³/mol. The normalized spacial score (nSPS) is 17.8. The van der Waals surface area contributed by atoms with Crippen LogP contribution >= 0.6 is 12.4 Å². The van der Waals surface area contributed by atoms with Crippen molar-refractivity contribution in [1.82, 2.24) is 15.1 Å². The summed E-state index contributed by atoms with van der Waals surface area (Å²) in [5.41, 5.74) is 1.84. The Morgan fingerprint density at radius 3 is 2.50 bits per heavy atom. The Hall–Kier alpha value is -2.90. The molecule has 34 heavy (non-hydrogen) atoms. The summed E-state index contributed by atoms with van der Waals surface area (Å²) < 4.78 is 5.15. The number of nitrogens with one attached hydrogen (secondary N) is 1. The smallest absolute Gasteiger partial charge is 0.261 e. The van der Waals surface area contributed by atoms with E-state index in [2.05, 4.69) is 17.1 Å². The number of piperidine rings is 1. The number of hydrogen-bond acceptors (Lipinski definition) is 5. The van der Waals surface area contributed by atoms with Crippen LogP contribution in [0.4, 0.5) is 0 Å². The quantitative estimate of drug-likeness (QED) is 0.453. The molecule has 2 aliphatic heterocycles. The van der Waals surface area contributed by atoms with Gasteiger partial charge in [0.15, 0.2) is 0 Å². The van der Waals surface area contributed by atoms with Crippen molar-refractivity contribution in [2.45, 2.75) is 45.2 Å². The average Bonchev–Trinajstić information content (AvgIpc) is 3.07. The molecule has 7 nitrogen and oxygen atoms in total. The van der Waals surface area contributed by atoms with E-state index in [-0.39, 0.29) is 42.2 Å². The Kier molecular flexibility index (Phi) is 8.69. The van der Waals surface area contributed by atoms with Gasteiger partial charge >= 0.3 is 0 Å². The fourth-order valence-electron chi connectivity index (χ4n) is 4.56. The number of imide groups is 1. The second-order valence-electron chi connectivity index (χ2n) is 8.80. The van der Waals surface area contributed by atoms with Crippen molar-refractivity contribution in [3.8, 4) is 5.75 Å². The van der Waals surface area contributed by atoms with Gasteiger partial charge < -0.3 is 15.0 Å². The highest BCUT2D eigenvalue weighted by atomic mass is 35.5. The van der Waals surface area contributed by atoms with Gasteiger partial charge in [-0.1, -0.05) is 18.6 Å². The minimum atomic E-state index is -0.375. The largest absolute Gasteiger partial charge is 0.497 e. The van der Waals surface area contributed by atoms with E-state index in [0.29, 0.717) is 29.5 Å². The SMILES string of the molecule is COc1ccc(CN2C(=O)c3ccc(C(=O)NCCCN4CCCCC4C)cc3C2=O)cc1.Cl. The van der Waals surface area contributed by atoms with E-state index in [1.807, 2.05) is 12.1 Å². The second-order valence-corrected chi connectivity index (χ2v) is 8.80. The first-order valence-electron chi connectivity index (χ1n) is 11.6. The van der Waals surface area contributed by atoms with Crippen LogP contribution in [0.1, 0.15) is 69.2 Å². The van der Waals surface area contributed by atoms with Crippen LogP contribution in [0.2, 0.25) is 0 Å². The molecule has 8 heteroatoms. The number of fused-ring (bicyclic) bond motifs is 1. The summed E-state index contributed by atoms with van der Waals surface area (Å²) in [7, 11) is 1.59. The lowest BCUT2D eigenvalue weighted by Crippen LogP contribution is -2.39. The number of hydrogen-bond donors (Lipinski definition) is 1. The van der Waals surface area contributed by atoms with Gasteiger partial charge in [-0.25, -0.2) is 0 Å². The molecule has 1 unspecified atom stereocenters. The molecule has 1 fully saturated rings. The third-order valence-electron chi connectivity index (χ3n) is 6.58. The molecule has 0 aromatic heterocycles. The first kappa shape index (κ1) is 25.7.